The minimum absolute atomic E-state index is 0.000371. The molecule has 0 unspecified atom stereocenters. The van der Waals surface area contributed by atoms with Gasteiger partial charge in [-0.15, -0.1) is 0 Å². The third-order valence-corrected chi connectivity index (χ3v) is 6.66. The van der Waals surface area contributed by atoms with Crippen molar-refractivity contribution in [2.24, 2.45) is 0 Å². The molecule has 0 saturated heterocycles. The van der Waals surface area contributed by atoms with Crippen LogP contribution in [-0.2, 0) is 11.4 Å². The Morgan fingerprint density at radius 2 is 1.85 bits per heavy atom. The number of hydrogen-bond donors (Lipinski definition) is 1. The lowest BCUT2D eigenvalue weighted by Crippen LogP contribution is -2.14. The SMILES string of the molecule is Cc1c(Cl)cccc1NC(=O)/C(C#N)=C\c1ccc(OCc2cccc3ccccc23)c(I)c1. The number of nitrogens with zero attached hydrogens (tertiary/aromatic N) is 1. The number of anilines is 1. The van der Waals surface area contributed by atoms with Crippen LogP contribution in [0.4, 0.5) is 5.69 Å². The third-order valence-electron chi connectivity index (χ3n) is 5.41. The molecule has 4 rings (SSSR count). The van der Waals surface area contributed by atoms with Crippen molar-refractivity contribution in [2.75, 3.05) is 5.32 Å². The summed E-state index contributed by atoms with van der Waals surface area (Å²) in [4.78, 5) is 12.7. The van der Waals surface area contributed by atoms with E-state index in [1.54, 1.807) is 24.3 Å². The molecule has 0 aliphatic rings. The van der Waals surface area contributed by atoms with Gasteiger partial charge in [-0.05, 0) is 87.3 Å². The fraction of sp³-hybridized carbons (Fsp3) is 0.0714. The Balaban J connectivity index is 1.49. The molecule has 1 N–H and O–H groups in total. The molecule has 34 heavy (non-hydrogen) atoms. The molecule has 0 saturated carbocycles. The molecule has 0 aromatic heterocycles. The highest BCUT2D eigenvalue weighted by Crippen LogP contribution is 2.27. The number of amides is 1. The van der Waals surface area contributed by atoms with Gasteiger partial charge in [-0.3, -0.25) is 4.79 Å². The van der Waals surface area contributed by atoms with Crippen LogP contribution in [0.25, 0.3) is 16.8 Å². The molecule has 0 fully saturated rings. The average Bonchev–Trinajstić information content (AvgIpc) is 2.84. The maximum Gasteiger partial charge on any atom is 0.266 e. The lowest BCUT2D eigenvalue weighted by atomic mass is 10.1. The van der Waals surface area contributed by atoms with Gasteiger partial charge in [0.1, 0.15) is 24.0 Å². The third kappa shape index (κ3) is 5.41. The molecule has 6 heteroatoms. The van der Waals surface area contributed by atoms with Crippen molar-refractivity contribution in [1.29, 1.82) is 5.26 Å². The fourth-order valence-electron chi connectivity index (χ4n) is 3.55. The summed E-state index contributed by atoms with van der Waals surface area (Å²) in [5, 5.41) is 15.2. The van der Waals surface area contributed by atoms with Gasteiger partial charge in [-0.1, -0.05) is 66.2 Å². The summed E-state index contributed by atoms with van der Waals surface area (Å²) >= 11 is 8.32. The lowest BCUT2D eigenvalue weighted by Gasteiger charge is -2.11. The van der Waals surface area contributed by atoms with Crippen LogP contribution < -0.4 is 10.1 Å². The maximum absolute atomic E-state index is 12.7. The van der Waals surface area contributed by atoms with Crippen LogP contribution >= 0.6 is 34.2 Å². The molecule has 168 valence electrons. The molecule has 0 aliphatic carbocycles. The van der Waals surface area contributed by atoms with E-state index in [1.807, 2.05) is 49.4 Å². The van der Waals surface area contributed by atoms with E-state index >= 15 is 0 Å². The van der Waals surface area contributed by atoms with E-state index in [0.29, 0.717) is 17.3 Å². The standard InChI is InChI=1S/C28H20ClIN2O2/c1-18-24(29)10-5-11-26(18)32-28(33)22(16-31)14-19-12-13-27(25(30)15-19)34-17-21-8-4-7-20-6-2-3-9-23(20)21/h2-15H,17H2,1H3,(H,32,33)/b22-14-. The van der Waals surface area contributed by atoms with E-state index in [2.05, 4.69) is 52.2 Å². The molecular weight excluding hydrogens is 559 g/mol. The van der Waals surface area contributed by atoms with E-state index in [4.69, 9.17) is 16.3 Å². The van der Waals surface area contributed by atoms with Crippen molar-refractivity contribution in [1.82, 2.24) is 0 Å². The Morgan fingerprint density at radius 1 is 1.09 bits per heavy atom. The van der Waals surface area contributed by atoms with Gasteiger partial charge in [0.25, 0.3) is 5.91 Å². The molecule has 0 atom stereocenters. The van der Waals surface area contributed by atoms with E-state index in [-0.39, 0.29) is 5.57 Å². The number of carbonyl (C=O) groups is 1. The number of benzene rings is 4. The van der Waals surface area contributed by atoms with Gasteiger partial charge in [0.15, 0.2) is 0 Å². The largest absolute Gasteiger partial charge is 0.488 e. The van der Waals surface area contributed by atoms with Crippen LogP contribution in [0.5, 0.6) is 5.75 Å². The number of nitriles is 1. The quantitative estimate of drug-likeness (QED) is 0.146. The zero-order valence-electron chi connectivity index (χ0n) is 18.3. The molecule has 0 bridgehead atoms. The molecule has 0 radical (unpaired) electrons. The van der Waals surface area contributed by atoms with Crippen LogP contribution in [0.2, 0.25) is 5.02 Å². The summed E-state index contributed by atoms with van der Waals surface area (Å²) in [6.07, 6.45) is 1.56. The Morgan fingerprint density at radius 3 is 2.65 bits per heavy atom. The van der Waals surface area contributed by atoms with Gasteiger partial charge < -0.3 is 10.1 Å². The number of hydrogen-bond acceptors (Lipinski definition) is 3. The predicted molar refractivity (Wildman–Crippen MR) is 146 cm³/mol. The normalized spacial score (nSPS) is 11.2. The van der Waals surface area contributed by atoms with E-state index in [9.17, 15) is 10.1 Å². The minimum Gasteiger partial charge on any atom is -0.488 e. The van der Waals surface area contributed by atoms with Gasteiger partial charge in [0, 0.05) is 10.7 Å². The Bertz CT molecular complexity index is 1450. The summed E-state index contributed by atoms with van der Waals surface area (Å²) < 4.78 is 6.97. The number of ether oxygens (including phenoxy) is 1. The monoisotopic (exact) mass is 578 g/mol. The number of carbonyl (C=O) groups excluding carboxylic acids is 1. The average molecular weight is 579 g/mol. The minimum atomic E-state index is -0.487. The molecular formula is C28H20ClIN2O2. The van der Waals surface area contributed by atoms with Crippen LogP contribution in [0.3, 0.4) is 0 Å². The van der Waals surface area contributed by atoms with Crippen LogP contribution in [0, 0.1) is 21.8 Å². The highest BCUT2D eigenvalue weighted by atomic mass is 127. The molecule has 0 spiro atoms. The summed E-state index contributed by atoms with van der Waals surface area (Å²) in [7, 11) is 0. The lowest BCUT2D eigenvalue weighted by molar-refractivity contribution is -0.112. The topological polar surface area (TPSA) is 62.1 Å². The summed E-state index contributed by atoms with van der Waals surface area (Å²) in [5.74, 6) is 0.252. The van der Waals surface area contributed by atoms with Crippen molar-refractivity contribution < 1.29 is 9.53 Å². The van der Waals surface area contributed by atoms with Gasteiger partial charge in [0.05, 0.1) is 3.57 Å². The number of halogens is 2. The second kappa shape index (κ2) is 10.7. The zero-order chi connectivity index (χ0) is 24.1. The van der Waals surface area contributed by atoms with Crippen molar-refractivity contribution in [3.05, 3.63) is 110 Å². The number of nitrogens with one attached hydrogen (secondary N) is 1. The van der Waals surface area contributed by atoms with Gasteiger partial charge in [-0.25, -0.2) is 0 Å². The van der Waals surface area contributed by atoms with E-state index in [0.717, 1.165) is 26.0 Å². The van der Waals surface area contributed by atoms with E-state index < -0.39 is 5.91 Å². The first-order chi connectivity index (χ1) is 16.5. The van der Waals surface area contributed by atoms with Crippen molar-refractivity contribution >= 4 is 62.6 Å². The van der Waals surface area contributed by atoms with Crippen LogP contribution in [0.15, 0.2) is 84.4 Å². The molecule has 1 amide bonds. The van der Waals surface area contributed by atoms with E-state index in [1.165, 1.54) is 10.8 Å². The van der Waals surface area contributed by atoms with Gasteiger partial charge in [-0.2, -0.15) is 5.26 Å². The predicted octanol–water partition coefficient (Wildman–Crippen LogP) is 7.53. The molecule has 0 heterocycles. The summed E-state index contributed by atoms with van der Waals surface area (Å²) in [5.41, 5.74) is 3.16. The smallest absolute Gasteiger partial charge is 0.266 e. The second-order valence-corrected chi connectivity index (χ2v) is 9.22. The van der Waals surface area contributed by atoms with Crippen molar-refractivity contribution in [3.63, 3.8) is 0 Å². The fourth-order valence-corrected chi connectivity index (χ4v) is 4.42. The molecule has 0 aliphatic heterocycles. The number of rotatable bonds is 6. The first kappa shape index (κ1) is 23.8. The first-order valence-corrected chi connectivity index (χ1v) is 12.0. The van der Waals surface area contributed by atoms with Gasteiger partial charge >= 0.3 is 0 Å². The Kier molecular flexibility index (Phi) is 7.51. The Labute approximate surface area is 217 Å². The highest BCUT2D eigenvalue weighted by molar-refractivity contribution is 14.1. The second-order valence-electron chi connectivity index (χ2n) is 7.65. The van der Waals surface area contributed by atoms with Crippen molar-refractivity contribution in [3.8, 4) is 11.8 Å². The highest BCUT2D eigenvalue weighted by Gasteiger charge is 2.13. The van der Waals surface area contributed by atoms with Gasteiger partial charge in [0.2, 0.25) is 0 Å². The molecule has 4 aromatic carbocycles. The van der Waals surface area contributed by atoms with Crippen molar-refractivity contribution in [2.45, 2.75) is 13.5 Å². The number of fused-ring (bicyclic) bond motifs is 1. The zero-order valence-corrected chi connectivity index (χ0v) is 21.2. The molecule has 4 nitrogen and oxygen atoms in total. The summed E-state index contributed by atoms with van der Waals surface area (Å²) in [6, 6.07) is 27.2. The van der Waals surface area contributed by atoms with Crippen LogP contribution in [-0.4, -0.2) is 5.91 Å². The maximum atomic E-state index is 12.7. The summed E-state index contributed by atoms with van der Waals surface area (Å²) in [6.45, 7) is 2.25. The molecule has 4 aromatic rings. The van der Waals surface area contributed by atoms with Crippen LogP contribution in [0.1, 0.15) is 16.7 Å². The Hall–Kier alpha value is -3.34. The first-order valence-electron chi connectivity index (χ1n) is 10.5.